The van der Waals surface area contributed by atoms with Gasteiger partial charge in [-0.2, -0.15) is 0 Å². The molecule has 2 aromatic rings. The third-order valence-electron chi connectivity index (χ3n) is 3.56. The smallest absolute Gasteiger partial charge is 0.192 e. The van der Waals surface area contributed by atoms with Crippen molar-refractivity contribution in [3.05, 3.63) is 24.1 Å². The van der Waals surface area contributed by atoms with Crippen molar-refractivity contribution in [1.82, 2.24) is 4.98 Å². The van der Waals surface area contributed by atoms with Crippen LogP contribution in [0.15, 0.2) is 22.6 Å². The average Bonchev–Trinajstić information content (AvgIpc) is 2.67. The maximum absolute atomic E-state index is 5.76. The molecule has 2 unspecified atom stereocenters. The van der Waals surface area contributed by atoms with Gasteiger partial charge in [0.15, 0.2) is 11.5 Å². The lowest BCUT2D eigenvalue weighted by atomic mass is 9.99. The van der Waals surface area contributed by atoms with E-state index in [0.717, 1.165) is 29.6 Å². The predicted molar refractivity (Wildman–Crippen MR) is 75.4 cm³/mol. The fraction of sp³-hybridized carbons (Fsp3) is 0.533. The number of hydrogen-bond acceptors (Lipinski definition) is 4. The first-order valence-electron chi connectivity index (χ1n) is 6.89. The van der Waals surface area contributed by atoms with Gasteiger partial charge >= 0.3 is 0 Å². The summed E-state index contributed by atoms with van der Waals surface area (Å²) in [6.45, 7) is 6.14. The molecular weight excluding hydrogens is 240 g/mol. The molecule has 102 valence electrons. The van der Waals surface area contributed by atoms with Gasteiger partial charge in [-0.1, -0.05) is 0 Å². The molecular formula is C15H20N2O2. The normalized spacial score (nSPS) is 27.6. The molecule has 1 aromatic heterocycles. The van der Waals surface area contributed by atoms with Crippen LogP contribution >= 0.6 is 0 Å². The van der Waals surface area contributed by atoms with E-state index in [1.165, 1.54) is 0 Å². The van der Waals surface area contributed by atoms with E-state index in [0.29, 0.717) is 24.1 Å². The predicted octanol–water partition coefficient (Wildman–Crippen LogP) is 3.50. The lowest BCUT2D eigenvalue weighted by Gasteiger charge is -2.33. The molecule has 0 spiro atoms. The summed E-state index contributed by atoms with van der Waals surface area (Å²) in [5, 5.41) is 3.58. The van der Waals surface area contributed by atoms with E-state index in [2.05, 4.69) is 36.3 Å². The highest BCUT2D eigenvalue weighted by Crippen LogP contribution is 2.25. The Morgan fingerprint density at radius 2 is 1.95 bits per heavy atom. The van der Waals surface area contributed by atoms with E-state index in [4.69, 9.17) is 9.15 Å². The van der Waals surface area contributed by atoms with Crippen LogP contribution in [0.1, 0.15) is 32.6 Å². The lowest BCUT2D eigenvalue weighted by Crippen LogP contribution is -2.36. The number of anilines is 1. The van der Waals surface area contributed by atoms with Gasteiger partial charge in [0.25, 0.3) is 0 Å². The number of ether oxygens (including phenoxy) is 1. The van der Waals surface area contributed by atoms with Crippen molar-refractivity contribution in [3.8, 4) is 0 Å². The Bertz CT molecular complexity index is 569. The van der Waals surface area contributed by atoms with E-state index < -0.39 is 0 Å². The van der Waals surface area contributed by atoms with Crippen LogP contribution in [0.2, 0.25) is 0 Å². The number of aryl methyl sites for hydroxylation is 1. The van der Waals surface area contributed by atoms with Gasteiger partial charge in [-0.25, -0.2) is 4.98 Å². The van der Waals surface area contributed by atoms with Crippen LogP contribution in [0.25, 0.3) is 11.1 Å². The first-order valence-corrected chi connectivity index (χ1v) is 6.89. The first-order chi connectivity index (χ1) is 9.10. The quantitative estimate of drug-likeness (QED) is 0.897. The van der Waals surface area contributed by atoms with E-state index >= 15 is 0 Å². The number of fused-ring (bicyclic) bond motifs is 1. The van der Waals surface area contributed by atoms with Crippen molar-refractivity contribution in [1.29, 1.82) is 0 Å². The zero-order chi connectivity index (χ0) is 13.4. The molecule has 1 N–H and O–H groups in total. The van der Waals surface area contributed by atoms with E-state index in [-0.39, 0.29) is 0 Å². The van der Waals surface area contributed by atoms with Crippen LogP contribution < -0.4 is 5.32 Å². The molecule has 1 fully saturated rings. The molecule has 4 nitrogen and oxygen atoms in total. The molecule has 19 heavy (non-hydrogen) atoms. The molecule has 4 heteroatoms. The number of oxazole rings is 1. The Hall–Kier alpha value is -1.55. The third kappa shape index (κ3) is 2.73. The number of rotatable bonds is 2. The topological polar surface area (TPSA) is 47.3 Å². The van der Waals surface area contributed by atoms with Crippen LogP contribution in [-0.4, -0.2) is 23.2 Å². The molecule has 2 heterocycles. The standard InChI is InChI=1S/C15H20N2O2/c1-9-6-13(7-10(2)18-9)17-12-4-5-15-14(8-12)16-11(3)19-15/h4-5,8-10,13,17H,6-7H2,1-3H3. The molecule has 1 aliphatic heterocycles. The van der Waals surface area contributed by atoms with E-state index in [1.807, 2.05) is 13.0 Å². The third-order valence-corrected chi connectivity index (χ3v) is 3.56. The van der Waals surface area contributed by atoms with Gasteiger partial charge in [-0.05, 0) is 44.9 Å². The highest BCUT2D eigenvalue weighted by atomic mass is 16.5. The van der Waals surface area contributed by atoms with Crippen molar-refractivity contribution in [2.45, 2.75) is 51.9 Å². The fourth-order valence-corrected chi connectivity index (χ4v) is 2.89. The Morgan fingerprint density at radius 1 is 1.21 bits per heavy atom. The summed E-state index contributed by atoms with van der Waals surface area (Å²) in [4.78, 5) is 4.37. The maximum atomic E-state index is 5.76. The monoisotopic (exact) mass is 260 g/mol. The molecule has 3 rings (SSSR count). The summed E-state index contributed by atoms with van der Waals surface area (Å²) < 4.78 is 11.2. The van der Waals surface area contributed by atoms with Crippen LogP contribution in [0, 0.1) is 6.92 Å². The van der Waals surface area contributed by atoms with Gasteiger partial charge in [0.2, 0.25) is 0 Å². The summed E-state index contributed by atoms with van der Waals surface area (Å²) in [5.74, 6) is 0.709. The fourth-order valence-electron chi connectivity index (χ4n) is 2.89. The molecule has 0 amide bonds. The van der Waals surface area contributed by atoms with Gasteiger partial charge in [0.05, 0.1) is 12.2 Å². The van der Waals surface area contributed by atoms with Crippen LogP contribution in [0.3, 0.4) is 0 Å². The van der Waals surface area contributed by atoms with Gasteiger partial charge < -0.3 is 14.5 Å². The number of aromatic nitrogens is 1. The summed E-state index contributed by atoms with van der Waals surface area (Å²) >= 11 is 0. The van der Waals surface area contributed by atoms with E-state index in [1.54, 1.807) is 0 Å². The summed E-state index contributed by atoms with van der Waals surface area (Å²) in [5.41, 5.74) is 2.86. The Balaban J connectivity index is 1.77. The molecule has 0 bridgehead atoms. The molecule has 1 aliphatic rings. The van der Waals surface area contributed by atoms with Crippen molar-refractivity contribution >= 4 is 16.8 Å². The Kier molecular flexibility index (Phi) is 3.19. The highest BCUT2D eigenvalue weighted by molar-refractivity contribution is 5.77. The number of nitrogens with zero attached hydrogens (tertiary/aromatic N) is 1. The van der Waals surface area contributed by atoms with Gasteiger partial charge in [0.1, 0.15) is 5.52 Å². The molecule has 0 radical (unpaired) electrons. The van der Waals surface area contributed by atoms with E-state index in [9.17, 15) is 0 Å². The van der Waals surface area contributed by atoms with Crippen LogP contribution in [0.4, 0.5) is 5.69 Å². The highest BCUT2D eigenvalue weighted by Gasteiger charge is 2.24. The zero-order valence-corrected chi connectivity index (χ0v) is 11.6. The Labute approximate surface area is 113 Å². The summed E-state index contributed by atoms with van der Waals surface area (Å²) in [6, 6.07) is 6.54. The SMILES string of the molecule is Cc1nc2cc(NC3CC(C)OC(C)C3)ccc2o1. The molecule has 0 aliphatic carbocycles. The van der Waals surface area contributed by atoms with Crippen molar-refractivity contribution in [2.75, 3.05) is 5.32 Å². The van der Waals surface area contributed by atoms with Crippen LogP contribution in [0.5, 0.6) is 0 Å². The van der Waals surface area contributed by atoms with Gasteiger partial charge in [-0.15, -0.1) is 0 Å². The largest absolute Gasteiger partial charge is 0.441 e. The molecule has 1 saturated heterocycles. The van der Waals surface area contributed by atoms with Crippen LogP contribution in [-0.2, 0) is 4.74 Å². The number of benzene rings is 1. The first kappa shape index (κ1) is 12.5. The number of nitrogens with one attached hydrogen (secondary N) is 1. The summed E-state index contributed by atoms with van der Waals surface area (Å²) in [6.07, 6.45) is 2.72. The minimum absolute atomic E-state index is 0.319. The van der Waals surface area contributed by atoms with Crippen molar-refractivity contribution < 1.29 is 9.15 Å². The second-order valence-electron chi connectivity index (χ2n) is 5.49. The molecule has 2 atom stereocenters. The Morgan fingerprint density at radius 3 is 2.68 bits per heavy atom. The minimum Gasteiger partial charge on any atom is -0.441 e. The average molecular weight is 260 g/mol. The molecule has 0 saturated carbocycles. The van der Waals surface area contributed by atoms with Gasteiger partial charge in [0, 0.05) is 18.7 Å². The molecule has 1 aromatic carbocycles. The van der Waals surface area contributed by atoms with Crippen molar-refractivity contribution in [2.24, 2.45) is 0 Å². The summed E-state index contributed by atoms with van der Waals surface area (Å²) in [7, 11) is 0. The second-order valence-corrected chi connectivity index (χ2v) is 5.49. The maximum Gasteiger partial charge on any atom is 0.192 e. The lowest BCUT2D eigenvalue weighted by molar-refractivity contribution is -0.0337. The minimum atomic E-state index is 0.319. The number of hydrogen-bond donors (Lipinski definition) is 1. The second kappa shape index (κ2) is 4.85. The van der Waals surface area contributed by atoms with Gasteiger partial charge in [-0.3, -0.25) is 0 Å². The van der Waals surface area contributed by atoms with Crippen molar-refractivity contribution in [3.63, 3.8) is 0 Å². The zero-order valence-electron chi connectivity index (χ0n) is 11.6.